The highest BCUT2D eigenvalue weighted by Gasteiger charge is 2.35. The molecule has 0 atom stereocenters. The Morgan fingerprint density at radius 2 is 1.84 bits per heavy atom. The lowest BCUT2D eigenvalue weighted by Crippen LogP contribution is -2.30. The fourth-order valence-corrected chi connectivity index (χ4v) is 3.33. The molecule has 25 heavy (non-hydrogen) atoms. The van der Waals surface area contributed by atoms with Gasteiger partial charge >= 0.3 is 0 Å². The van der Waals surface area contributed by atoms with Crippen molar-refractivity contribution in [3.05, 3.63) is 56.5 Å². The van der Waals surface area contributed by atoms with Gasteiger partial charge in [0.1, 0.15) is 5.75 Å². The summed E-state index contributed by atoms with van der Waals surface area (Å²) >= 11 is 15.3. The Kier molecular flexibility index (Phi) is 5.67. The second-order valence-electron chi connectivity index (χ2n) is 5.58. The summed E-state index contributed by atoms with van der Waals surface area (Å²) in [6.45, 7) is 0.912. The second kappa shape index (κ2) is 7.77. The van der Waals surface area contributed by atoms with Crippen LogP contribution in [-0.2, 0) is 4.79 Å². The van der Waals surface area contributed by atoms with Crippen LogP contribution in [-0.4, -0.2) is 24.8 Å². The van der Waals surface area contributed by atoms with Crippen LogP contribution >= 0.6 is 39.1 Å². The van der Waals surface area contributed by atoms with E-state index < -0.39 is 11.7 Å². The third kappa shape index (κ3) is 4.00. The number of carbonyl (C=O) groups is 2. The summed E-state index contributed by atoms with van der Waals surface area (Å²) in [5, 5.41) is 1.06. The molecule has 1 heterocycles. The number of nitrogens with zero attached hydrogens (tertiary/aromatic N) is 1. The van der Waals surface area contributed by atoms with Crippen LogP contribution in [0.15, 0.2) is 40.9 Å². The van der Waals surface area contributed by atoms with Gasteiger partial charge in [-0.25, -0.2) is 0 Å². The number of unbranched alkanes of at least 4 members (excludes halogenated alkanes) is 1. The summed E-state index contributed by atoms with van der Waals surface area (Å²) in [5.74, 6) is -0.401. The van der Waals surface area contributed by atoms with E-state index in [1.807, 2.05) is 6.07 Å². The van der Waals surface area contributed by atoms with Crippen LogP contribution in [0, 0.1) is 0 Å². The topological polar surface area (TPSA) is 46.6 Å². The lowest BCUT2D eigenvalue weighted by molar-refractivity contribution is -0.114. The van der Waals surface area contributed by atoms with Gasteiger partial charge < -0.3 is 9.64 Å². The molecule has 0 spiro atoms. The van der Waals surface area contributed by atoms with E-state index >= 15 is 0 Å². The molecule has 1 aliphatic rings. The molecule has 0 N–H and O–H groups in total. The number of carbonyl (C=O) groups excluding carboxylic acids is 2. The first kappa shape index (κ1) is 18.2. The zero-order valence-electron chi connectivity index (χ0n) is 13.1. The van der Waals surface area contributed by atoms with Crippen molar-refractivity contribution in [2.75, 3.05) is 18.1 Å². The minimum atomic E-state index is -0.480. The van der Waals surface area contributed by atoms with Crippen molar-refractivity contribution in [1.29, 1.82) is 0 Å². The molecule has 0 unspecified atom stereocenters. The minimum absolute atomic E-state index is 0.446. The summed E-state index contributed by atoms with van der Waals surface area (Å²) in [4.78, 5) is 25.7. The van der Waals surface area contributed by atoms with Gasteiger partial charge in [0.15, 0.2) is 0 Å². The van der Waals surface area contributed by atoms with E-state index in [1.54, 1.807) is 30.3 Å². The Hall–Kier alpha value is -1.56. The molecule has 2 aromatic rings. The molecule has 2 aromatic carbocycles. The first-order valence-corrected chi connectivity index (χ1v) is 9.26. The van der Waals surface area contributed by atoms with Crippen molar-refractivity contribution in [2.45, 2.75) is 12.8 Å². The Morgan fingerprint density at radius 1 is 1.04 bits per heavy atom. The summed E-state index contributed by atoms with van der Waals surface area (Å²) in [7, 11) is 0. The number of rotatable bonds is 6. The van der Waals surface area contributed by atoms with Crippen LogP contribution in [0.5, 0.6) is 5.75 Å². The van der Waals surface area contributed by atoms with Gasteiger partial charge in [-0.1, -0.05) is 39.1 Å². The molecule has 1 aliphatic heterocycles. The quantitative estimate of drug-likeness (QED) is 0.459. The van der Waals surface area contributed by atoms with Crippen LogP contribution < -0.4 is 9.64 Å². The SMILES string of the molecule is O=C1C(=O)N(CCCCOc2cc(Cl)ccc2Cl)c2ccc(Br)cc21. The van der Waals surface area contributed by atoms with Gasteiger partial charge in [-0.3, -0.25) is 9.59 Å². The van der Waals surface area contributed by atoms with Crippen molar-refractivity contribution in [3.63, 3.8) is 0 Å². The minimum Gasteiger partial charge on any atom is -0.492 e. The van der Waals surface area contributed by atoms with Gasteiger partial charge in [0.25, 0.3) is 11.7 Å². The predicted molar refractivity (Wildman–Crippen MR) is 102 cm³/mol. The number of hydrogen-bond donors (Lipinski definition) is 0. The molecule has 130 valence electrons. The molecule has 3 rings (SSSR count). The van der Waals surface area contributed by atoms with Crippen molar-refractivity contribution in [2.24, 2.45) is 0 Å². The van der Waals surface area contributed by atoms with Gasteiger partial charge in [0, 0.05) is 22.1 Å². The van der Waals surface area contributed by atoms with Crippen molar-refractivity contribution in [1.82, 2.24) is 0 Å². The fourth-order valence-electron chi connectivity index (χ4n) is 2.64. The summed E-state index contributed by atoms with van der Waals surface area (Å²) in [6.07, 6.45) is 1.42. The number of benzene rings is 2. The maximum Gasteiger partial charge on any atom is 0.299 e. The number of ether oxygens (including phenoxy) is 1. The molecule has 0 aromatic heterocycles. The maximum absolute atomic E-state index is 12.1. The Bertz CT molecular complexity index is 841. The zero-order valence-corrected chi connectivity index (χ0v) is 16.2. The molecular weight excluding hydrogens is 429 g/mol. The van der Waals surface area contributed by atoms with E-state index in [9.17, 15) is 9.59 Å². The van der Waals surface area contributed by atoms with E-state index in [-0.39, 0.29) is 0 Å². The molecule has 0 fully saturated rings. The van der Waals surface area contributed by atoms with Crippen LogP contribution in [0.2, 0.25) is 10.0 Å². The van der Waals surface area contributed by atoms with E-state index in [1.165, 1.54) is 4.90 Å². The van der Waals surface area contributed by atoms with Gasteiger partial charge in [-0.2, -0.15) is 0 Å². The van der Waals surface area contributed by atoms with Gasteiger partial charge in [-0.15, -0.1) is 0 Å². The van der Waals surface area contributed by atoms with Gasteiger partial charge in [0.05, 0.1) is 22.9 Å². The predicted octanol–water partition coefficient (Wildman–Crippen LogP) is 5.14. The average Bonchev–Trinajstić information content (AvgIpc) is 2.82. The van der Waals surface area contributed by atoms with Gasteiger partial charge in [0.2, 0.25) is 0 Å². The number of anilines is 1. The van der Waals surface area contributed by atoms with Crippen LogP contribution in [0.3, 0.4) is 0 Å². The maximum atomic E-state index is 12.1. The highest BCUT2D eigenvalue weighted by Crippen LogP contribution is 2.31. The van der Waals surface area contributed by atoms with E-state index in [0.29, 0.717) is 53.0 Å². The normalized spacial score (nSPS) is 13.3. The molecule has 0 saturated heterocycles. The molecule has 0 saturated carbocycles. The zero-order chi connectivity index (χ0) is 18.0. The third-order valence-corrected chi connectivity index (χ3v) is 4.90. The summed E-state index contributed by atoms with van der Waals surface area (Å²) in [5.41, 5.74) is 1.11. The molecular formula is C18H14BrCl2NO3. The molecule has 0 radical (unpaired) electrons. The molecule has 1 amide bonds. The summed E-state index contributed by atoms with van der Waals surface area (Å²) in [6, 6.07) is 10.3. The monoisotopic (exact) mass is 441 g/mol. The lowest BCUT2D eigenvalue weighted by Gasteiger charge is -2.16. The van der Waals surface area contributed by atoms with Crippen molar-refractivity contribution < 1.29 is 14.3 Å². The second-order valence-corrected chi connectivity index (χ2v) is 7.34. The van der Waals surface area contributed by atoms with Crippen molar-refractivity contribution in [3.8, 4) is 5.75 Å². The largest absolute Gasteiger partial charge is 0.492 e. The highest BCUT2D eigenvalue weighted by molar-refractivity contribution is 9.10. The number of halogens is 3. The number of amides is 1. The first-order chi connectivity index (χ1) is 12.0. The number of Topliss-reactive ketones (excluding diaryl/α,β-unsaturated/α-hetero) is 1. The van der Waals surface area contributed by atoms with E-state index in [0.717, 1.165) is 4.47 Å². The average molecular weight is 443 g/mol. The molecule has 0 bridgehead atoms. The standard InChI is InChI=1S/C18H14BrCl2NO3/c19-11-3-6-15-13(9-11)17(23)18(24)22(15)7-1-2-8-25-16-10-12(20)4-5-14(16)21/h3-6,9-10H,1-2,7-8H2. The van der Waals surface area contributed by atoms with E-state index in [4.69, 9.17) is 27.9 Å². The smallest absolute Gasteiger partial charge is 0.299 e. The number of ketones is 1. The Morgan fingerprint density at radius 3 is 2.64 bits per heavy atom. The highest BCUT2D eigenvalue weighted by atomic mass is 79.9. The van der Waals surface area contributed by atoms with Crippen LogP contribution in [0.1, 0.15) is 23.2 Å². The first-order valence-electron chi connectivity index (χ1n) is 7.71. The number of fused-ring (bicyclic) bond motifs is 1. The fraction of sp³-hybridized carbons (Fsp3) is 0.222. The number of hydrogen-bond acceptors (Lipinski definition) is 3. The summed E-state index contributed by atoms with van der Waals surface area (Å²) < 4.78 is 6.40. The van der Waals surface area contributed by atoms with Crippen LogP contribution in [0.25, 0.3) is 0 Å². The van der Waals surface area contributed by atoms with Crippen molar-refractivity contribution >= 4 is 56.5 Å². The third-order valence-electron chi connectivity index (χ3n) is 3.86. The Labute approximate surface area is 163 Å². The molecule has 4 nitrogen and oxygen atoms in total. The lowest BCUT2D eigenvalue weighted by atomic mass is 10.1. The van der Waals surface area contributed by atoms with Gasteiger partial charge in [-0.05, 0) is 43.2 Å². The molecule has 0 aliphatic carbocycles. The van der Waals surface area contributed by atoms with E-state index in [2.05, 4.69) is 15.9 Å². The Balaban J connectivity index is 1.54. The van der Waals surface area contributed by atoms with Crippen LogP contribution in [0.4, 0.5) is 5.69 Å². The molecule has 7 heteroatoms.